The minimum absolute atomic E-state index is 0.0392. The second kappa shape index (κ2) is 8.20. The first-order valence-electron chi connectivity index (χ1n) is 7.92. The fourth-order valence-electron chi connectivity index (χ4n) is 2.90. The first-order chi connectivity index (χ1) is 11.0. The van der Waals surface area contributed by atoms with Crippen LogP contribution in [0.5, 0.6) is 5.75 Å². The highest BCUT2D eigenvalue weighted by atomic mass is 35.5. The molecular formula is C17H23ClN2O3. The molecule has 0 aromatic heterocycles. The molecule has 0 saturated heterocycles. The number of methoxy groups -OCH3 is 1. The van der Waals surface area contributed by atoms with E-state index in [1.165, 1.54) is 25.4 Å². The van der Waals surface area contributed by atoms with Crippen molar-refractivity contribution in [1.29, 1.82) is 0 Å². The Morgan fingerprint density at radius 3 is 2.61 bits per heavy atom. The molecule has 1 aliphatic carbocycles. The van der Waals surface area contributed by atoms with Crippen molar-refractivity contribution in [3.8, 4) is 5.75 Å². The molecule has 1 aromatic rings. The molecule has 0 unspecified atom stereocenters. The van der Waals surface area contributed by atoms with Crippen LogP contribution in [0.4, 0.5) is 5.69 Å². The number of benzene rings is 1. The lowest BCUT2D eigenvalue weighted by atomic mass is 9.95. The van der Waals surface area contributed by atoms with Crippen molar-refractivity contribution in [3.63, 3.8) is 0 Å². The van der Waals surface area contributed by atoms with Gasteiger partial charge in [0.05, 0.1) is 12.8 Å². The number of carbonyl (C=O) groups is 2. The van der Waals surface area contributed by atoms with Crippen LogP contribution >= 0.6 is 11.6 Å². The number of halogens is 1. The molecule has 0 bridgehead atoms. The Morgan fingerprint density at radius 2 is 2.00 bits per heavy atom. The van der Waals surface area contributed by atoms with E-state index in [1.54, 1.807) is 18.2 Å². The van der Waals surface area contributed by atoms with Gasteiger partial charge in [-0.15, -0.1) is 0 Å². The molecule has 126 valence electrons. The molecule has 5 nitrogen and oxygen atoms in total. The summed E-state index contributed by atoms with van der Waals surface area (Å²) in [5, 5.41) is 3.51. The summed E-state index contributed by atoms with van der Waals surface area (Å²) in [6, 6.07) is 5.22. The first kappa shape index (κ1) is 17.6. The van der Waals surface area contributed by atoms with Crippen LogP contribution in [-0.4, -0.2) is 31.5 Å². The molecule has 1 aliphatic rings. The van der Waals surface area contributed by atoms with E-state index in [-0.39, 0.29) is 24.4 Å². The van der Waals surface area contributed by atoms with Gasteiger partial charge in [0.25, 0.3) is 0 Å². The average Bonchev–Trinajstić information content (AvgIpc) is 2.53. The SMILES string of the molecule is COc1ccc(Cl)cc1N(CC(=O)NC1CCCCC1)C(C)=O. The number of nitrogens with zero attached hydrogens (tertiary/aromatic N) is 1. The predicted molar refractivity (Wildman–Crippen MR) is 91.0 cm³/mol. The van der Waals surface area contributed by atoms with Gasteiger partial charge in [0.2, 0.25) is 11.8 Å². The van der Waals surface area contributed by atoms with Gasteiger partial charge in [-0.1, -0.05) is 30.9 Å². The first-order valence-corrected chi connectivity index (χ1v) is 8.30. The van der Waals surface area contributed by atoms with Crippen molar-refractivity contribution in [2.75, 3.05) is 18.6 Å². The number of rotatable bonds is 5. The summed E-state index contributed by atoms with van der Waals surface area (Å²) in [5.41, 5.74) is 0.506. The van der Waals surface area contributed by atoms with Crippen LogP contribution in [0.2, 0.25) is 5.02 Å². The van der Waals surface area contributed by atoms with Crippen molar-refractivity contribution in [1.82, 2.24) is 5.32 Å². The fraction of sp³-hybridized carbons (Fsp3) is 0.529. The van der Waals surface area contributed by atoms with E-state index in [4.69, 9.17) is 16.3 Å². The van der Waals surface area contributed by atoms with Crippen LogP contribution in [-0.2, 0) is 9.59 Å². The molecule has 1 fully saturated rings. The monoisotopic (exact) mass is 338 g/mol. The van der Waals surface area contributed by atoms with Crippen molar-refractivity contribution >= 4 is 29.1 Å². The minimum Gasteiger partial charge on any atom is -0.495 e. The zero-order valence-electron chi connectivity index (χ0n) is 13.6. The maximum atomic E-state index is 12.3. The van der Waals surface area contributed by atoms with Gasteiger partial charge in [-0.25, -0.2) is 0 Å². The summed E-state index contributed by atoms with van der Waals surface area (Å²) in [6.45, 7) is 1.39. The van der Waals surface area contributed by atoms with Gasteiger partial charge in [0.15, 0.2) is 0 Å². The maximum absolute atomic E-state index is 12.3. The van der Waals surface area contributed by atoms with E-state index in [0.29, 0.717) is 16.5 Å². The van der Waals surface area contributed by atoms with Crippen LogP contribution in [0, 0.1) is 0 Å². The number of ether oxygens (including phenoxy) is 1. The number of hydrogen-bond acceptors (Lipinski definition) is 3. The smallest absolute Gasteiger partial charge is 0.240 e. The summed E-state index contributed by atoms with van der Waals surface area (Å²) >= 11 is 6.02. The highest BCUT2D eigenvalue weighted by Crippen LogP contribution is 2.31. The quantitative estimate of drug-likeness (QED) is 0.897. The van der Waals surface area contributed by atoms with Gasteiger partial charge in [0, 0.05) is 18.0 Å². The molecule has 23 heavy (non-hydrogen) atoms. The topological polar surface area (TPSA) is 58.6 Å². The van der Waals surface area contributed by atoms with E-state index in [2.05, 4.69) is 5.32 Å². The standard InChI is InChI=1S/C17H23ClN2O3/c1-12(21)20(15-10-13(18)8-9-16(15)23-2)11-17(22)19-14-6-4-3-5-7-14/h8-10,14H,3-7,11H2,1-2H3,(H,19,22). The molecule has 6 heteroatoms. The molecule has 2 amide bonds. The lowest BCUT2D eigenvalue weighted by molar-refractivity contribution is -0.123. The van der Waals surface area contributed by atoms with Gasteiger partial charge in [-0.2, -0.15) is 0 Å². The second-order valence-corrected chi connectivity index (χ2v) is 6.26. The zero-order valence-corrected chi connectivity index (χ0v) is 14.4. The Kier molecular flexibility index (Phi) is 6.28. The summed E-state index contributed by atoms with van der Waals surface area (Å²) in [5.74, 6) is 0.119. The highest BCUT2D eigenvalue weighted by Gasteiger charge is 2.22. The molecule has 0 spiro atoms. The number of carbonyl (C=O) groups excluding carboxylic acids is 2. The molecule has 0 radical (unpaired) electrons. The van der Waals surface area contributed by atoms with Gasteiger partial charge >= 0.3 is 0 Å². The van der Waals surface area contributed by atoms with E-state index in [1.807, 2.05) is 0 Å². The number of hydrogen-bond donors (Lipinski definition) is 1. The Hall–Kier alpha value is -1.75. The normalized spacial score (nSPS) is 15.1. The molecular weight excluding hydrogens is 316 g/mol. The van der Waals surface area contributed by atoms with Gasteiger partial charge in [-0.3, -0.25) is 14.5 Å². The molecule has 2 rings (SSSR count). The number of amides is 2. The highest BCUT2D eigenvalue weighted by molar-refractivity contribution is 6.31. The molecule has 1 aromatic carbocycles. The van der Waals surface area contributed by atoms with Gasteiger partial charge in [-0.05, 0) is 31.0 Å². The summed E-state index contributed by atoms with van der Waals surface area (Å²) in [4.78, 5) is 25.7. The molecule has 1 N–H and O–H groups in total. The van der Waals surface area contributed by atoms with Gasteiger partial charge in [0.1, 0.15) is 12.3 Å². The maximum Gasteiger partial charge on any atom is 0.240 e. The lowest BCUT2D eigenvalue weighted by Crippen LogP contribution is -2.44. The summed E-state index contributed by atoms with van der Waals surface area (Å²) in [7, 11) is 1.52. The molecule has 0 atom stereocenters. The van der Waals surface area contributed by atoms with Crippen molar-refractivity contribution < 1.29 is 14.3 Å². The minimum atomic E-state index is -0.232. The predicted octanol–water partition coefficient (Wildman–Crippen LogP) is 3.15. The van der Waals surface area contributed by atoms with Crippen LogP contribution in [0.25, 0.3) is 0 Å². The Morgan fingerprint density at radius 1 is 1.30 bits per heavy atom. The van der Waals surface area contributed by atoms with Crippen molar-refractivity contribution in [2.24, 2.45) is 0 Å². The Balaban J connectivity index is 2.11. The third kappa shape index (κ3) is 4.86. The fourth-order valence-corrected chi connectivity index (χ4v) is 3.07. The largest absolute Gasteiger partial charge is 0.495 e. The number of anilines is 1. The van der Waals surface area contributed by atoms with Crippen LogP contribution < -0.4 is 15.0 Å². The van der Waals surface area contributed by atoms with E-state index in [9.17, 15) is 9.59 Å². The van der Waals surface area contributed by atoms with Crippen molar-refractivity contribution in [3.05, 3.63) is 23.2 Å². The third-order valence-corrected chi connectivity index (χ3v) is 4.32. The van der Waals surface area contributed by atoms with Gasteiger partial charge < -0.3 is 10.1 Å². The molecule has 0 aliphatic heterocycles. The van der Waals surface area contributed by atoms with E-state index < -0.39 is 0 Å². The van der Waals surface area contributed by atoms with E-state index in [0.717, 1.165) is 25.7 Å². The average molecular weight is 339 g/mol. The zero-order chi connectivity index (χ0) is 16.8. The van der Waals surface area contributed by atoms with Crippen molar-refractivity contribution in [2.45, 2.75) is 45.1 Å². The second-order valence-electron chi connectivity index (χ2n) is 5.82. The lowest BCUT2D eigenvalue weighted by Gasteiger charge is -2.26. The molecule has 0 heterocycles. The Labute approximate surface area is 141 Å². The summed E-state index contributed by atoms with van der Waals surface area (Å²) < 4.78 is 5.28. The summed E-state index contributed by atoms with van der Waals surface area (Å²) in [6.07, 6.45) is 5.53. The van der Waals surface area contributed by atoms with Crippen LogP contribution in [0.3, 0.4) is 0 Å². The molecule has 1 saturated carbocycles. The van der Waals surface area contributed by atoms with Crippen LogP contribution in [0.1, 0.15) is 39.0 Å². The number of nitrogens with one attached hydrogen (secondary N) is 1. The Bertz CT molecular complexity index is 571. The van der Waals surface area contributed by atoms with E-state index >= 15 is 0 Å². The van der Waals surface area contributed by atoms with Crippen LogP contribution in [0.15, 0.2) is 18.2 Å². The third-order valence-electron chi connectivity index (χ3n) is 4.08.